The maximum atomic E-state index is 12.6. The number of benzene rings is 2. The Labute approximate surface area is 108 Å². The molecule has 0 aliphatic rings. The minimum Gasteiger partial charge on any atom is -0.457 e. The van der Waals surface area contributed by atoms with Crippen molar-refractivity contribution < 1.29 is 23.0 Å². The van der Waals surface area contributed by atoms with E-state index in [1.807, 2.05) is 0 Å². The van der Waals surface area contributed by atoms with E-state index in [2.05, 4.69) is 0 Å². The average molecular weight is 268 g/mol. The molecule has 0 aromatic heterocycles. The highest BCUT2D eigenvalue weighted by molar-refractivity contribution is 5.39. The van der Waals surface area contributed by atoms with Crippen LogP contribution in [-0.4, -0.2) is 5.11 Å². The Balaban J connectivity index is 2.30. The third kappa shape index (κ3) is 3.26. The van der Waals surface area contributed by atoms with E-state index in [9.17, 15) is 13.2 Å². The van der Waals surface area contributed by atoms with Gasteiger partial charge in [-0.15, -0.1) is 0 Å². The molecule has 0 unspecified atom stereocenters. The molecule has 0 spiro atoms. The van der Waals surface area contributed by atoms with Crippen LogP contribution in [0.5, 0.6) is 11.5 Å². The van der Waals surface area contributed by atoms with Crippen molar-refractivity contribution in [2.75, 3.05) is 0 Å². The maximum Gasteiger partial charge on any atom is 0.416 e. The van der Waals surface area contributed by atoms with Crippen LogP contribution in [-0.2, 0) is 12.8 Å². The summed E-state index contributed by atoms with van der Waals surface area (Å²) in [5.41, 5.74) is -1.06. The van der Waals surface area contributed by atoms with Gasteiger partial charge in [-0.2, -0.15) is 13.2 Å². The fraction of sp³-hybridized carbons (Fsp3) is 0.143. The molecule has 0 radical (unpaired) electrons. The quantitative estimate of drug-likeness (QED) is 0.912. The molecule has 100 valence electrons. The number of halogens is 3. The van der Waals surface area contributed by atoms with Crippen molar-refractivity contribution in [2.24, 2.45) is 0 Å². The summed E-state index contributed by atoms with van der Waals surface area (Å²) in [7, 11) is 0. The van der Waals surface area contributed by atoms with Crippen LogP contribution >= 0.6 is 0 Å². The monoisotopic (exact) mass is 268 g/mol. The molecule has 2 aromatic rings. The van der Waals surface area contributed by atoms with Gasteiger partial charge in [-0.3, -0.25) is 0 Å². The molecule has 0 saturated carbocycles. The lowest BCUT2D eigenvalue weighted by molar-refractivity contribution is -0.138. The minimum atomic E-state index is -4.48. The number of hydrogen-bond acceptors (Lipinski definition) is 2. The van der Waals surface area contributed by atoms with Crippen molar-refractivity contribution >= 4 is 0 Å². The van der Waals surface area contributed by atoms with Crippen molar-refractivity contribution in [3.05, 3.63) is 59.7 Å². The summed E-state index contributed by atoms with van der Waals surface area (Å²) in [4.78, 5) is 0. The summed E-state index contributed by atoms with van der Waals surface area (Å²) in [6.45, 7) is -0.694. The van der Waals surface area contributed by atoms with Gasteiger partial charge in [0.1, 0.15) is 11.5 Å². The van der Waals surface area contributed by atoms with Gasteiger partial charge < -0.3 is 9.84 Å². The summed E-state index contributed by atoms with van der Waals surface area (Å²) < 4.78 is 43.3. The molecule has 0 saturated heterocycles. The van der Waals surface area contributed by atoms with E-state index in [0.717, 1.165) is 6.07 Å². The van der Waals surface area contributed by atoms with Crippen LogP contribution in [0.3, 0.4) is 0 Å². The van der Waals surface area contributed by atoms with Crippen LogP contribution in [0.1, 0.15) is 11.1 Å². The Hall–Kier alpha value is -2.01. The largest absolute Gasteiger partial charge is 0.457 e. The lowest BCUT2D eigenvalue weighted by Crippen LogP contribution is -2.09. The van der Waals surface area contributed by atoms with E-state index >= 15 is 0 Å². The summed E-state index contributed by atoms with van der Waals surface area (Å²) in [6.07, 6.45) is -4.48. The second kappa shape index (κ2) is 5.32. The molecule has 0 amide bonds. The highest BCUT2D eigenvalue weighted by Crippen LogP contribution is 2.34. The molecule has 2 aromatic carbocycles. The predicted molar refractivity (Wildman–Crippen MR) is 63.9 cm³/mol. The number of hydrogen-bond donors (Lipinski definition) is 1. The van der Waals surface area contributed by atoms with Gasteiger partial charge in [0.25, 0.3) is 0 Å². The summed E-state index contributed by atoms with van der Waals surface area (Å²) in [6, 6.07) is 12.0. The minimum absolute atomic E-state index is 0.207. The van der Waals surface area contributed by atoms with Crippen LogP contribution < -0.4 is 4.74 Å². The highest BCUT2D eigenvalue weighted by atomic mass is 19.4. The molecule has 0 aliphatic heterocycles. The van der Waals surface area contributed by atoms with Crippen molar-refractivity contribution in [3.8, 4) is 11.5 Å². The molecule has 5 heteroatoms. The second-order valence-corrected chi connectivity index (χ2v) is 3.89. The standard InChI is InChI=1S/C14H11F3O2/c15-14(16,17)13-7-6-12(8-10(13)9-18)19-11-4-2-1-3-5-11/h1-8,18H,9H2. The van der Waals surface area contributed by atoms with Crippen LogP contribution in [0.4, 0.5) is 13.2 Å². The highest BCUT2D eigenvalue weighted by Gasteiger charge is 2.33. The lowest BCUT2D eigenvalue weighted by Gasteiger charge is -2.13. The third-order valence-corrected chi connectivity index (χ3v) is 2.53. The van der Waals surface area contributed by atoms with Crippen molar-refractivity contribution in [3.63, 3.8) is 0 Å². The van der Waals surface area contributed by atoms with Crippen LogP contribution in [0, 0.1) is 0 Å². The first-order chi connectivity index (χ1) is 9.00. The number of rotatable bonds is 3. The smallest absolute Gasteiger partial charge is 0.416 e. The zero-order valence-electron chi connectivity index (χ0n) is 9.82. The number of aliphatic hydroxyl groups excluding tert-OH is 1. The first kappa shape index (κ1) is 13.4. The van der Waals surface area contributed by atoms with Gasteiger partial charge in [0.05, 0.1) is 12.2 Å². The molecule has 0 fully saturated rings. The fourth-order valence-electron chi connectivity index (χ4n) is 1.67. The van der Waals surface area contributed by atoms with E-state index in [-0.39, 0.29) is 11.3 Å². The molecule has 19 heavy (non-hydrogen) atoms. The summed E-state index contributed by atoms with van der Waals surface area (Å²) in [5.74, 6) is 0.773. The van der Waals surface area contributed by atoms with E-state index in [1.165, 1.54) is 12.1 Å². The number of ether oxygens (including phenoxy) is 1. The molecule has 2 nitrogen and oxygen atoms in total. The Bertz CT molecular complexity index is 550. The van der Waals surface area contributed by atoms with E-state index in [0.29, 0.717) is 5.75 Å². The van der Waals surface area contributed by atoms with Crippen molar-refractivity contribution in [1.29, 1.82) is 0 Å². The van der Waals surface area contributed by atoms with Gasteiger partial charge in [-0.25, -0.2) is 0 Å². The number of aliphatic hydroxyl groups is 1. The molecule has 1 N–H and O–H groups in total. The second-order valence-electron chi connectivity index (χ2n) is 3.89. The first-order valence-electron chi connectivity index (χ1n) is 5.54. The molecule has 2 rings (SSSR count). The Morgan fingerprint density at radius 2 is 1.63 bits per heavy atom. The summed E-state index contributed by atoms with van der Waals surface area (Å²) >= 11 is 0. The van der Waals surface area contributed by atoms with Crippen LogP contribution in [0.2, 0.25) is 0 Å². The first-order valence-corrected chi connectivity index (χ1v) is 5.54. The van der Waals surface area contributed by atoms with E-state index in [4.69, 9.17) is 9.84 Å². The van der Waals surface area contributed by atoms with Crippen LogP contribution in [0.15, 0.2) is 48.5 Å². The Morgan fingerprint density at radius 3 is 2.21 bits per heavy atom. The predicted octanol–water partition coefficient (Wildman–Crippen LogP) is 3.99. The number of para-hydroxylation sites is 1. The van der Waals surface area contributed by atoms with Gasteiger partial charge in [0, 0.05) is 0 Å². The van der Waals surface area contributed by atoms with Crippen molar-refractivity contribution in [1.82, 2.24) is 0 Å². The van der Waals surface area contributed by atoms with Crippen LogP contribution in [0.25, 0.3) is 0 Å². The van der Waals surface area contributed by atoms with Gasteiger partial charge in [0.2, 0.25) is 0 Å². The lowest BCUT2D eigenvalue weighted by atomic mass is 10.1. The molecule has 0 heterocycles. The Morgan fingerprint density at radius 1 is 0.947 bits per heavy atom. The Kier molecular flexibility index (Phi) is 3.76. The maximum absolute atomic E-state index is 12.6. The number of alkyl halides is 3. The molecule has 0 aliphatic carbocycles. The molecule has 0 atom stereocenters. The average Bonchev–Trinajstić information content (AvgIpc) is 2.38. The van der Waals surface area contributed by atoms with Crippen molar-refractivity contribution in [2.45, 2.75) is 12.8 Å². The topological polar surface area (TPSA) is 29.5 Å². The third-order valence-electron chi connectivity index (χ3n) is 2.53. The summed E-state index contributed by atoms with van der Waals surface area (Å²) in [5, 5.41) is 9.02. The molecular formula is C14H11F3O2. The molecular weight excluding hydrogens is 257 g/mol. The molecule has 0 bridgehead atoms. The van der Waals surface area contributed by atoms with Gasteiger partial charge in [-0.05, 0) is 35.9 Å². The van der Waals surface area contributed by atoms with Gasteiger partial charge >= 0.3 is 6.18 Å². The SMILES string of the molecule is OCc1cc(Oc2ccccc2)ccc1C(F)(F)F. The normalized spacial score (nSPS) is 11.4. The van der Waals surface area contributed by atoms with Gasteiger partial charge in [0.15, 0.2) is 0 Å². The van der Waals surface area contributed by atoms with E-state index < -0.39 is 18.3 Å². The zero-order chi connectivity index (χ0) is 13.9. The fourth-order valence-corrected chi connectivity index (χ4v) is 1.67. The van der Waals surface area contributed by atoms with E-state index in [1.54, 1.807) is 30.3 Å². The zero-order valence-corrected chi connectivity index (χ0v) is 9.82. The van der Waals surface area contributed by atoms with Gasteiger partial charge in [-0.1, -0.05) is 18.2 Å².